The van der Waals surface area contributed by atoms with Crippen molar-refractivity contribution < 1.29 is 4.79 Å². The molecule has 1 aliphatic heterocycles. The van der Waals surface area contributed by atoms with Gasteiger partial charge in [-0.2, -0.15) is 0 Å². The minimum Gasteiger partial charge on any atom is -0.351 e. The fourth-order valence-corrected chi connectivity index (χ4v) is 3.64. The summed E-state index contributed by atoms with van der Waals surface area (Å²) in [5.74, 6) is -0.0276. The average Bonchev–Trinajstić information content (AvgIpc) is 3.17. The van der Waals surface area contributed by atoms with Crippen LogP contribution in [-0.4, -0.2) is 11.9 Å². The second kappa shape index (κ2) is 7.46. The molecule has 0 bridgehead atoms. The first kappa shape index (κ1) is 17.0. The summed E-state index contributed by atoms with van der Waals surface area (Å²) in [6.07, 6.45) is 0.697. The number of fused-ring (bicyclic) bond motifs is 1. The smallest absolute Gasteiger partial charge is 0.238 e. The van der Waals surface area contributed by atoms with Crippen molar-refractivity contribution in [1.29, 1.82) is 0 Å². The van der Waals surface area contributed by atoms with E-state index in [0.717, 1.165) is 5.56 Å². The van der Waals surface area contributed by atoms with E-state index in [4.69, 9.17) is 11.6 Å². The van der Waals surface area contributed by atoms with Gasteiger partial charge in [0.25, 0.3) is 0 Å². The molecule has 1 amide bonds. The van der Waals surface area contributed by atoms with E-state index < -0.39 is 0 Å². The quantitative estimate of drug-likeness (QED) is 0.660. The van der Waals surface area contributed by atoms with Gasteiger partial charge in [-0.3, -0.25) is 4.79 Å². The van der Waals surface area contributed by atoms with Crippen LogP contribution in [-0.2, 0) is 11.3 Å². The standard InChI is InChI=1S/C21H20ClN3O/c22-18-11-4-2-7-15(18)13-23-21(26)20-12-19(24-25-20)17-10-5-8-14-6-1-3-9-16(14)17/h1-11,19-20,24-25H,12-13H2,(H,23,26). The highest BCUT2D eigenvalue weighted by Gasteiger charge is 2.30. The van der Waals surface area contributed by atoms with Gasteiger partial charge in [-0.05, 0) is 34.4 Å². The Morgan fingerprint density at radius 2 is 1.77 bits per heavy atom. The van der Waals surface area contributed by atoms with Crippen LogP contribution in [0.2, 0.25) is 5.02 Å². The van der Waals surface area contributed by atoms with E-state index >= 15 is 0 Å². The number of hydrogen-bond acceptors (Lipinski definition) is 3. The van der Waals surface area contributed by atoms with Gasteiger partial charge >= 0.3 is 0 Å². The van der Waals surface area contributed by atoms with Crippen LogP contribution in [0.25, 0.3) is 10.8 Å². The lowest BCUT2D eigenvalue weighted by Crippen LogP contribution is -2.42. The van der Waals surface area contributed by atoms with E-state index in [1.165, 1.54) is 16.3 Å². The number of benzene rings is 3. The molecule has 2 unspecified atom stereocenters. The molecule has 1 aliphatic rings. The van der Waals surface area contributed by atoms with Crippen molar-refractivity contribution in [2.45, 2.75) is 25.0 Å². The Bertz CT molecular complexity index is 938. The number of hydrazine groups is 1. The second-order valence-electron chi connectivity index (χ2n) is 6.51. The van der Waals surface area contributed by atoms with E-state index in [0.29, 0.717) is 18.0 Å². The third kappa shape index (κ3) is 3.44. The fourth-order valence-electron chi connectivity index (χ4n) is 3.43. The summed E-state index contributed by atoms with van der Waals surface area (Å²) >= 11 is 6.15. The van der Waals surface area contributed by atoms with Crippen molar-refractivity contribution in [2.24, 2.45) is 0 Å². The Balaban J connectivity index is 1.43. The second-order valence-corrected chi connectivity index (χ2v) is 6.91. The summed E-state index contributed by atoms with van der Waals surface area (Å²) in [5.41, 5.74) is 8.52. The van der Waals surface area contributed by atoms with E-state index in [9.17, 15) is 4.79 Å². The maximum absolute atomic E-state index is 12.5. The molecule has 1 heterocycles. The molecule has 0 aromatic heterocycles. The number of halogens is 1. The minimum absolute atomic E-state index is 0.0276. The van der Waals surface area contributed by atoms with E-state index in [1.807, 2.05) is 36.4 Å². The molecule has 0 saturated carbocycles. The number of carbonyl (C=O) groups is 1. The summed E-state index contributed by atoms with van der Waals surface area (Å²) in [6.45, 7) is 0.426. The van der Waals surface area contributed by atoms with Gasteiger partial charge in [-0.1, -0.05) is 72.3 Å². The third-order valence-corrected chi connectivity index (χ3v) is 5.20. The lowest BCUT2D eigenvalue weighted by Gasteiger charge is -2.13. The zero-order chi connectivity index (χ0) is 17.9. The normalized spacial score (nSPS) is 19.6. The number of hydrogen-bond donors (Lipinski definition) is 3. The lowest BCUT2D eigenvalue weighted by atomic mass is 9.96. The molecule has 132 valence electrons. The highest BCUT2D eigenvalue weighted by molar-refractivity contribution is 6.31. The largest absolute Gasteiger partial charge is 0.351 e. The predicted molar refractivity (Wildman–Crippen MR) is 105 cm³/mol. The fraction of sp³-hybridized carbons (Fsp3) is 0.190. The minimum atomic E-state index is -0.276. The van der Waals surface area contributed by atoms with Gasteiger partial charge in [-0.25, -0.2) is 10.9 Å². The van der Waals surface area contributed by atoms with Crippen LogP contribution in [0.15, 0.2) is 66.7 Å². The molecule has 0 spiro atoms. The maximum atomic E-state index is 12.5. The van der Waals surface area contributed by atoms with Crippen LogP contribution in [0, 0.1) is 0 Å². The zero-order valence-corrected chi connectivity index (χ0v) is 15.0. The van der Waals surface area contributed by atoms with Crippen molar-refractivity contribution in [3.05, 3.63) is 82.9 Å². The van der Waals surface area contributed by atoms with Crippen molar-refractivity contribution in [1.82, 2.24) is 16.2 Å². The maximum Gasteiger partial charge on any atom is 0.238 e. The predicted octanol–water partition coefficient (Wildman–Crippen LogP) is 3.72. The number of carbonyl (C=O) groups excluding carboxylic acids is 1. The molecule has 3 aromatic rings. The first-order valence-corrected chi connectivity index (χ1v) is 9.10. The zero-order valence-electron chi connectivity index (χ0n) is 14.2. The van der Waals surface area contributed by atoms with Crippen LogP contribution >= 0.6 is 11.6 Å². The summed E-state index contributed by atoms with van der Waals surface area (Å²) < 4.78 is 0. The first-order chi connectivity index (χ1) is 12.7. The molecular weight excluding hydrogens is 346 g/mol. The molecule has 0 aliphatic carbocycles. The Kier molecular flexibility index (Phi) is 4.89. The number of nitrogens with one attached hydrogen (secondary N) is 3. The van der Waals surface area contributed by atoms with Crippen LogP contribution in [0.3, 0.4) is 0 Å². The van der Waals surface area contributed by atoms with Gasteiger partial charge in [0.1, 0.15) is 6.04 Å². The van der Waals surface area contributed by atoms with Gasteiger partial charge in [-0.15, -0.1) is 0 Å². The Hall–Kier alpha value is -2.40. The molecule has 4 nitrogen and oxygen atoms in total. The first-order valence-electron chi connectivity index (χ1n) is 8.72. The van der Waals surface area contributed by atoms with Crippen molar-refractivity contribution in [3.8, 4) is 0 Å². The van der Waals surface area contributed by atoms with Gasteiger partial charge < -0.3 is 5.32 Å². The molecule has 1 fully saturated rings. The Morgan fingerprint density at radius 3 is 2.65 bits per heavy atom. The molecule has 2 atom stereocenters. The van der Waals surface area contributed by atoms with Gasteiger partial charge in [0, 0.05) is 17.6 Å². The number of rotatable bonds is 4. The van der Waals surface area contributed by atoms with Crippen molar-refractivity contribution in [3.63, 3.8) is 0 Å². The summed E-state index contributed by atoms with van der Waals surface area (Å²) in [6, 6.07) is 22.0. The lowest BCUT2D eigenvalue weighted by molar-refractivity contribution is -0.123. The number of amides is 1. The molecule has 0 radical (unpaired) electrons. The summed E-state index contributed by atoms with van der Waals surface area (Å²) in [7, 11) is 0. The van der Waals surface area contributed by atoms with Gasteiger partial charge in [0.15, 0.2) is 0 Å². The summed E-state index contributed by atoms with van der Waals surface area (Å²) in [4.78, 5) is 12.5. The third-order valence-electron chi connectivity index (χ3n) is 4.83. The van der Waals surface area contributed by atoms with Gasteiger partial charge in [0.05, 0.1) is 0 Å². The van der Waals surface area contributed by atoms with E-state index in [-0.39, 0.29) is 18.0 Å². The Labute approximate surface area is 157 Å². The summed E-state index contributed by atoms with van der Waals surface area (Å²) in [5, 5.41) is 6.05. The van der Waals surface area contributed by atoms with Crippen LogP contribution in [0.4, 0.5) is 0 Å². The van der Waals surface area contributed by atoms with Crippen LogP contribution < -0.4 is 16.2 Å². The highest BCUT2D eigenvalue weighted by Crippen LogP contribution is 2.29. The molecule has 5 heteroatoms. The molecule has 3 N–H and O–H groups in total. The molecule has 26 heavy (non-hydrogen) atoms. The van der Waals surface area contributed by atoms with E-state index in [1.54, 1.807) is 0 Å². The average molecular weight is 366 g/mol. The SMILES string of the molecule is O=C(NCc1ccccc1Cl)C1CC(c2cccc3ccccc23)NN1. The van der Waals surface area contributed by atoms with Crippen LogP contribution in [0.1, 0.15) is 23.6 Å². The van der Waals surface area contributed by atoms with Crippen LogP contribution in [0.5, 0.6) is 0 Å². The molecular formula is C21H20ClN3O. The van der Waals surface area contributed by atoms with Crippen molar-refractivity contribution in [2.75, 3.05) is 0 Å². The molecule has 1 saturated heterocycles. The Morgan fingerprint density at radius 1 is 1.00 bits per heavy atom. The van der Waals surface area contributed by atoms with Gasteiger partial charge in [0.2, 0.25) is 5.91 Å². The topological polar surface area (TPSA) is 53.2 Å². The molecule has 4 rings (SSSR count). The molecule has 3 aromatic carbocycles. The van der Waals surface area contributed by atoms with E-state index in [2.05, 4.69) is 46.5 Å². The monoisotopic (exact) mass is 365 g/mol. The van der Waals surface area contributed by atoms with Crippen molar-refractivity contribution >= 4 is 28.3 Å². The highest BCUT2D eigenvalue weighted by atomic mass is 35.5.